The summed E-state index contributed by atoms with van der Waals surface area (Å²) in [6.45, 7) is 0.442. The van der Waals surface area contributed by atoms with Crippen LogP contribution in [0.15, 0.2) is 72.8 Å². The molecule has 3 aromatic rings. The van der Waals surface area contributed by atoms with Crippen LogP contribution in [0.2, 0.25) is 0 Å². The Morgan fingerprint density at radius 1 is 1.00 bits per heavy atom. The van der Waals surface area contributed by atoms with Crippen LogP contribution in [-0.4, -0.2) is 23.1 Å². The molecule has 3 aromatic carbocycles. The van der Waals surface area contributed by atoms with Crippen molar-refractivity contribution in [3.05, 3.63) is 95.3 Å². The number of benzene rings is 3. The number of anilines is 2. The first-order valence-electron chi connectivity index (χ1n) is 9.49. The maximum atomic E-state index is 13.3. The molecule has 1 aliphatic heterocycles. The number of carbonyl (C=O) groups is 2. The van der Waals surface area contributed by atoms with Gasteiger partial charge in [0, 0.05) is 18.5 Å². The maximum absolute atomic E-state index is 13.3. The summed E-state index contributed by atoms with van der Waals surface area (Å²) >= 11 is 0. The van der Waals surface area contributed by atoms with Crippen molar-refractivity contribution in [3.63, 3.8) is 0 Å². The third-order valence-electron chi connectivity index (χ3n) is 5.16. The van der Waals surface area contributed by atoms with Gasteiger partial charge in [-0.05, 0) is 47.5 Å². The van der Waals surface area contributed by atoms with E-state index in [4.69, 9.17) is 5.21 Å². The Bertz CT molecular complexity index is 1070. The smallest absolute Gasteiger partial charge is 0.274 e. The average Bonchev–Trinajstić information content (AvgIpc) is 2.77. The van der Waals surface area contributed by atoms with Crippen LogP contribution in [0, 0.1) is 5.82 Å². The van der Waals surface area contributed by atoms with Gasteiger partial charge in [0.05, 0.1) is 11.4 Å². The Morgan fingerprint density at radius 3 is 2.37 bits per heavy atom. The number of halogens is 1. The topological polar surface area (TPSA) is 81.7 Å². The quantitative estimate of drug-likeness (QED) is 0.448. The Balaban J connectivity index is 1.65. The van der Waals surface area contributed by atoms with Gasteiger partial charge in [-0.25, -0.2) is 9.87 Å². The fourth-order valence-corrected chi connectivity index (χ4v) is 3.62. The molecule has 1 atom stereocenters. The lowest BCUT2D eigenvalue weighted by Crippen LogP contribution is -2.49. The van der Waals surface area contributed by atoms with Crippen LogP contribution < -0.4 is 15.7 Å². The number of nitrogens with one attached hydrogen (secondary N) is 2. The van der Waals surface area contributed by atoms with Gasteiger partial charge in [0.25, 0.3) is 5.91 Å². The number of hydrogen-bond donors (Lipinski definition) is 3. The summed E-state index contributed by atoms with van der Waals surface area (Å²) in [6, 6.07) is 20.0. The van der Waals surface area contributed by atoms with Gasteiger partial charge in [0.2, 0.25) is 5.91 Å². The fraction of sp³-hybridized carbons (Fsp3) is 0.130. The molecule has 4 rings (SSSR count). The molecule has 0 aromatic heterocycles. The Kier molecular flexibility index (Phi) is 5.45. The van der Waals surface area contributed by atoms with Crippen LogP contribution >= 0.6 is 0 Å². The zero-order valence-corrected chi connectivity index (χ0v) is 16.0. The highest BCUT2D eigenvalue weighted by atomic mass is 19.1. The molecule has 0 saturated heterocycles. The van der Waals surface area contributed by atoms with Crippen LogP contribution in [-0.2, 0) is 17.8 Å². The van der Waals surface area contributed by atoms with Crippen LogP contribution in [0.3, 0.4) is 0 Å². The highest BCUT2D eigenvalue weighted by Gasteiger charge is 2.32. The Hall–Kier alpha value is -3.71. The number of fused-ring (bicyclic) bond motifs is 1. The van der Waals surface area contributed by atoms with Gasteiger partial charge >= 0.3 is 0 Å². The second kappa shape index (κ2) is 8.34. The van der Waals surface area contributed by atoms with E-state index < -0.39 is 11.9 Å². The van der Waals surface area contributed by atoms with E-state index in [0.717, 1.165) is 22.5 Å². The van der Waals surface area contributed by atoms with Gasteiger partial charge in [-0.2, -0.15) is 0 Å². The number of hydroxylamine groups is 1. The summed E-state index contributed by atoms with van der Waals surface area (Å²) < 4.78 is 13.3. The molecule has 0 spiro atoms. The highest BCUT2D eigenvalue weighted by molar-refractivity contribution is 6.03. The molecule has 0 fully saturated rings. The molecule has 0 radical (unpaired) electrons. The van der Waals surface area contributed by atoms with Gasteiger partial charge in [0.15, 0.2) is 0 Å². The van der Waals surface area contributed by atoms with Crippen LogP contribution in [0.25, 0.3) is 0 Å². The first kappa shape index (κ1) is 19.6. The van der Waals surface area contributed by atoms with Crippen molar-refractivity contribution >= 4 is 23.2 Å². The molecular formula is C23H20FN3O3. The molecule has 152 valence electrons. The van der Waals surface area contributed by atoms with Crippen molar-refractivity contribution in [2.24, 2.45) is 0 Å². The third kappa shape index (κ3) is 4.01. The minimum absolute atomic E-state index is 0.130. The second-order valence-electron chi connectivity index (χ2n) is 7.12. The molecule has 1 aliphatic rings. The molecule has 6 nitrogen and oxygen atoms in total. The fourth-order valence-electron chi connectivity index (χ4n) is 3.62. The SMILES string of the molecule is O=C(NO)c1ccc(CN2c3ccccc3NC(=O)C2Cc2ccc(F)cc2)cc1. The van der Waals surface area contributed by atoms with E-state index in [2.05, 4.69) is 5.32 Å². The van der Waals surface area contributed by atoms with Gasteiger partial charge in [-0.3, -0.25) is 14.8 Å². The number of para-hydroxylation sites is 2. The monoisotopic (exact) mass is 405 g/mol. The molecule has 0 saturated carbocycles. The molecule has 30 heavy (non-hydrogen) atoms. The first-order valence-corrected chi connectivity index (χ1v) is 9.49. The molecule has 0 aliphatic carbocycles. The van der Waals surface area contributed by atoms with Crippen LogP contribution in [0.5, 0.6) is 0 Å². The predicted octanol–water partition coefficient (Wildman–Crippen LogP) is 3.51. The maximum Gasteiger partial charge on any atom is 0.274 e. The van der Waals surface area contributed by atoms with E-state index in [1.54, 1.807) is 41.9 Å². The zero-order chi connectivity index (χ0) is 21.1. The Morgan fingerprint density at radius 2 is 1.67 bits per heavy atom. The van der Waals surface area contributed by atoms with E-state index in [1.165, 1.54) is 12.1 Å². The summed E-state index contributed by atoms with van der Waals surface area (Å²) in [4.78, 5) is 26.5. The van der Waals surface area contributed by atoms with Crippen molar-refractivity contribution in [1.29, 1.82) is 0 Å². The lowest BCUT2D eigenvalue weighted by atomic mass is 9.99. The van der Waals surface area contributed by atoms with Crippen molar-refractivity contribution in [3.8, 4) is 0 Å². The number of carbonyl (C=O) groups excluding carboxylic acids is 2. The van der Waals surface area contributed by atoms with E-state index in [9.17, 15) is 14.0 Å². The number of nitrogens with zero attached hydrogens (tertiary/aromatic N) is 1. The van der Waals surface area contributed by atoms with Crippen molar-refractivity contribution in [2.45, 2.75) is 19.0 Å². The summed E-state index contributed by atoms with van der Waals surface area (Å²) in [7, 11) is 0. The highest BCUT2D eigenvalue weighted by Crippen LogP contribution is 2.34. The number of hydrogen-bond acceptors (Lipinski definition) is 4. The van der Waals surface area contributed by atoms with Crippen molar-refractivity contribution < 1.29 is 19.2 Å². The van der Waals surface area contributed by atoms with E-state index in [0.29, 0.717) is 18.5 Å². The standard InChI is InChI=1S/C23H20FN3O3/c24-18-11-7-15(8-12-18)13-21-23(29)25-19-3-1-2-4-20(19)27(21)14-16-5-9-17(10-6-16)22(28)26-30/h1-12,21,30H,13-14H2,(H,25,29)(H,26,28). The second-order valence-corrected chi connectivity index (χ2v) is 7.12. The summed E-state index contributed by atoms with van der Waals surface area (Å²) in [5.41, 5.74) is 5.32. The largest absolute Gasteiger partial charge is 0.353 e. The minimum Gasteiger partial charge on any atom is -0.353 e. The molecule has 1 unspecified atom stereocenters. The minimum atomic E-state index is -0.585. The van der Waals surface area contributed by atoms with Gasteiger partial charge in [-0.1, -0.05) is 36.4 Å². The van der Waals surface area contributed by atoms with Crippen LogP contribution in [0.4, 0.5) is 15.8 Å². The average molecular weight is 405 g/mol. The molecule has 3 N–H and O–H groups in total. The zero-order valence-electron chi connectivity index (χ0n) is 16.0. The van der Waals surface area contributed by atoms with E-state index >= 15 is 0 Å². The summed E-state index contributed by atoms with van der Waals surface area (Å²) in [5.74, 6) is -1.03. The van der Waals surface area contributed by atoms with Crippen LogP contribution in [0.1, 0.15) is 21.5 Å². The van der Waals surface area contributed by atoms with Gasteiger partial charge < -0.3 is 10.2 Å². The molecular weight excluding hydrogens is 385 g/mol. The Labute approximate surface area is 172 Å². The summed E-state index contributed by atoms with van der Waals surface area (Å²) in [5, 5.41) is 11.7. The normalized spacial score (nSPS) is 15.3. The molecule has 1 heterocycles. The lowest BCUT2D eigenvalue weighted by molar-refractivity contribution is -0.117. The molecule has 7 heteroatoms. The first-order chi connectivity index (χ1) is 14.5. The van der Waals surface area contributed by atoms with E-state index in [-0.39, 0.29) is 11.7 Å². The number of amides is 2. The van der Waals surface area contributed by atoms with Gasteiger partial charge in [-0.15, -0.1) is 0 Å². The molecule has 2 amide bonds. The lowest BCUT2D eigenvalue weighted by Gasteiger charge is -2.38. The van der Waals surface area contributed by atoms with Crippen molar-refractivity contribution in [2.75, 3.05) is 10.2 Å². The number of rotatable bonds is 5. The summed E-state index contributed by atoms with van der Waals surface area (Å²) in [6.07, 6.45) is 0.422. The third-order valence-corrected chi connectivity index (χ3v) is 5.16. The van der Waals surface area contributed by atoms with E-state index in [1.807, 2.05) is 29.2 Å². The predicted molar refractivity (Wildman–Crippen MR) is 111 cm³/mol. The van der Waals surface area contributed by atoms with Crippen molar-refractivity contribution in [1.82, 2.24) is 5.48 Å². The van der Waals surface area contributed by atoms with Gasteiger partial charge in [0.1, 0.15) is 11.9 Å². The molecule has 0 bridgehead atoms.